The van der Waals surface area contributed by atoms with Gasteiger partial charge in [0.15, 0.2) is 0 Å². The highest BCUT2D eigenvalue weighted by Gasteiger charge is 2.33. The molecule has 28 heavy (non-hydrogen) atoms. The number of ether oxygens (including phenoxy) is 1. The van der Waals surface area contributed by atoms with Crippen molar-refractivity contribution in [1.82, 2.24) is 24.7 Å². The van der Waals surface area contributed by atoms with E-state index in [4.69, 9.17) is 4.74 Å². The molecule has 4 heterocycles. The zero-order valence-corrected chi connectivity index (χ0v) is 17.1. The number of likely N-dealkylation sites (tertiary alicyclic amines) is 2. The number of piperidine rings is 2. The van der Waals surface area contributed by atoms with Crippen LogP contribution in [0, 0.1) is 12.8 Å². The van der Waals surface area contributed by atoms with Crippen LogP contribution < -0.4 is 0 Å². The van der Waals surface area contributed by atoms with Gasteiger partial charge in [-0.05, 0) is 52.2 Å². The van der Waals surface area contributed by atoms with Crippen LogP contribution in [0.1, 0.15) is 37.1 Å². The van der Waals surface area contributed by atoms with Gasteiger partial charge >= 0.3 is 0 Å². The minimum atomic E-state index is 0.176. The van der Waals surface area contributed by atoms with Gasteiger partial charge in [0.1, 0.15) is 5.82 Å². The van der Waals surface area contributed by atoms with Gasteiger partial charge in [0.25, 0.3) is 0 Å². The number of carbonyl (C=O) groups excluding carboxylic acids is 1. The SMILES string of the molecule is Cc1ncc(CN2CCC(N3CCCC(C(=O)N4CCOCC4)C3)CC2)cn1. The van der Waals surface area contributed by atoms with Crippen molar-refractivity contribution in [2.24, 2.45) is 5.92 Å². The number of morpholine rings is 1. The minimum Gasteiger partial charge on any atom is -0.378 e. The summed E-state index contributed by atoms with van der Waals surface area (Å²) < 4.78 is 5.40. The van der Waals surface area contributed by atoms with E-state index in [1.54, 1.807) is 0 Å². The smallest absolute Gasteiger partial charge is 0.227 e. The Kier molecular flexibility index (Phi) is 6.54. The largest absolute Gasteiger partial charge is 0.378 e. The Hall–Kier alpha value is -1.57. The number of hydrogen-bond acceptors (Lipinski definition) is 6. The third-order valence-electron chi connectivity index (χ3n) is 6.44. The van der Waals surface area contributed by atoms with Gasteiger partial charge < -0.3 is 9.64 Å². The maximum Gasteiger partial charge on any atom is 0.227 e. The summed E-state index contributed by atoms with van der Waals surface area (Å²) in [5, 5.41) is 0. The lowest BCUT2D eigenvalue weighted by atomic mass is 9.92. The lowest BCUT2D eigenvalue weighted by molar-refractivity contribution is -0.142. The quantitative estimate of drug-likeness (QED) is 0.777. The van der Waals surface area contributed by atoms with E-state index >= 15 is 0 Å². The summed E-state index contributed by atoms with van der Waals surface area (Å²) >= 11 is 0. The van der Waals surface area contributed by atoms with E-state index in [1.165, 1.54) is 18.4 Å². The molecule has 1 atom stereocenters. The number of rotatable bonds is 4. The van der Waals surface area contributed by atoms with Crippen LogP contribution in [0.3, 0.4) is 0 Å². The second kappa shape index (κ2) is 9.29. The number of aromatic nitrogens is 2. The molecule has 4 rings (SSSR count). The Morgan fingerprint density at radius 2 is 1.79 bits per heavy atom. The summed E-state index contributed by atoms with van der Waals surface area (Å²) in [6, 6.07) is 0.616. The third kappa shape index (κ3) is 4.88. The highest BCUT2D eigenvalue weighted by Crippen LogP contribution is 2.26. The number of aryl methyl sites for hydroxylation is 1. The Labute approximate surface area is 168 Å². The molecule has 3 aliphatic rings. The van der Waals surface area contributed by atoms with E-state index in [2.05, 4.69) is 19.8 Å². The second-order valence-electron chi connectivity index (χ2n) is 8.42. The van der Waals surface area contributed by atoms with E-state index in [-0.39, 0.29) is 5.92 Å². The number of carbonyl (C=O) groups is 1. The summed E-state index contributed by atoms with van der Waals surface area (Å²) in [5.41, 5.74) is 1.19. The zero-order chi connectivity index (χ0) is 19.3. The average molecular weight is 388 g/mol. The van der Waals surface area contributed by atoms with Crippen LogP contribution in [0.5, 0.6) is 0 Å². The fourth-order valence-corrected chi connectivity index (χ4v) is 4.78. The molecule has 1 aromatic rings. The molecule has 7 heteroatoms. The number of hydrogen-bond donors (Lipinski definition) is 0. The van der Waals surface area contributed by atoms with Crippen molar-refractivity contribution >= 4 is 5.91 Å². The van der Waals surface area contributed by atoms with E-state index in [0.717, 1.165) is 64.5 Å². The van der Waals surface area contributed by atoms with Crippen LogP contribution in [0.25, 0.3) is 0 Å². The Morgan fingerprint density at radius 3 is 2.50 bits per heavy atom. The van der Waals surface area contributed by atoms with Crippen LogP contribution >= 0.6 is 0 Å². The Balaban J connectivity index is 1.25. The second-order valence-corrected chi connectivity index (χ2v) is 8.42. The van der Waals surface area contributed by atoms with Gasteiger partial charge in [-0.2, -0.15) is 0 Å². The molecule has 1 aromatic heterocycles. The molecular formula is C21H33N5O2. The van der Waals surface area contributed by atoms with Gasteiger partial charge in [0.05, 0.1) is 19.1 Å². The first-order valence-corrected chi connectivity index (χ1v) is 10.8. The topological polar surface area (TPSA) is 61.8 Å². The predicted molar refractivity (Wildman–Crippen MR) is 107 cm³/mol. The van der Waals surface area contributed by atoms with E-state index in [0.29, 0.717) is 25.2 Å². The zero-order valence-electron chi connectivity index (χ0n) is 17.1. The van der Waals surface area contributed by atoms with Crippen LogP contribution in [0.2, 0.25) is 0 Å². The first kappa shape index (κ1) is 19.7. The van der Waals surface area contributed by atoms with E-state index in [1.807, 2.05) is 24.2 Å². The van der Waals surface area contributed by atoms with Crippen LogP contribution in [-0.4, -0.2) is 89.1 Å². The molecule has 0 aliphatic carbocycles. The van der Waals surface area contributed by atoms with Gasteiger partial charge in [-0.15, -0.1) is 0 Å². The van der Waals surface area contributed by atoms with Crippen LogP contribution in [0.15, 0.2) is 12.4 Å². The predicted octanol–water partition coefficient (Wildman–Crippen LogP) is 1.32. The molecule has 0 bridgehead atoms. The molecule has 3 fully saturated rings. The van der Waals surface area contributed by atoms with Crippen LogP contribution in [0.4, 0.5) is 0 Å². The average Bonchev–Trinajstić information content (AvgIpc) is 2.76. The molecule has 0 saturated carbocycles. The number of amides is 1. The molecule has 0 radical (unpaired) electrons. The summed E-state index contributed by atoms with van der Waals surface area (Å²) in [6.07, 6.45) is 8.44. The van der Waals surface area contributed by atoms with Crippen molar-refractivity contribution in [1.29, 1.82) is 0 Å². The molecule has 1 amide bonds. The first-order chi connectivity index (χ1) is 13.7. The van der Waals surface area contributed by atoms with Crippen molar-refractivity contribution in [3.8, 4) is 0 Å². The fourth-order valence-electron chi connectivity index (χ4n) is 4.78. The van der Waals surface area contributed by atoms with Crippen LogP contribution in [-0.2, 0) is 16.1 Å². The van der Waals surface area contributed by atoms with E-state index < -0.39 is 0 Å². The molecular weight excluding hydrogens is 354 g/mol. The van der Waals surface area contributed by atoms with Crippen molar-refractivity contribution in [3.05, 3.63) is 23.8 Å². The summed E-state index contributed by atoms with van der Waals surface area (Å²) in [7, 11) is 0. The monoisotopic (exact) mass is 387 g/mol. The molecule has 7 nitrogen and oxygen atoms in total. The molecule has 1 unspecified atom stereocenters. The Bertz CT molecular complexity index is 639. The first-order valence-electron chi connectivity index (χ1n) is 10.8. The minimum absolute atomic E-state index is 0.176. The highest BCUT2D eigenvalue weighted by molar-refractivity contribution is 5.79. The van der Waals surface area contributed by atoms with Gasteiger partial charge in [0, 0.05) is 50.2 Å². The van der Waals surface area contributed by atoms with E-state index in [9.17, 15) is 4.79 Å². The normalized spacial score (nSPS) is 25.8. The fraction of sp³-hybridized carbons (Fsp3) is 0.762. The van der Waals surface area contributed by atoms with Gasteiger partial charge in [-0.25, -0.2) is 9.97 Å². The van der Waals surface area contributed by atoms with Crippen molar-refractivity contribution in [2.75, 3.05) is 52.5 Å². The Morgan fingerprint density at radius 1 is 1.07 bits per heavy atom. The molecule has 0 spiro atoms. The molecule has 3 saturated heterocycles. The highest BCUT2D eigenvalue weighted by atomic mass is 16.5. The molecule has 154 valence electrons. The standard InChI is InChI=1S/C21H33N5O2/c1-17-22-13-18(14-23-17)15-24-7-4-20(5-8-24)26-6-2-3-19(16-26)21(27)25-9-11-28-12-10-25/h13-14,19-20H,2-12,15-16H2,1H3. The maximum atomic E-state index is 12.9. The van der Waals surface area contributed by atoms with Gasteiger partial charge in [-0.3, -0.25) is 14.6 Å². The molecule has 0 N–H and O–H groups in total. The maximum absolute atomic E-state index is 12.9. The summed E-state index contributed by atoms with van der Waals surface area (Å²) in [4.78, 5) is 28.6. The van der Waals surface area contributed by atoms with Crippen molar-refractivity contribution in [3.63, 3.8) is 0 Å². The number of nitrogens with zero attached hydrogens (tertiary/aromatic N) is 5. The third-order valence-corrected chi connectivity index (χ3v) is 6.44. The van der Waals surface area contributed by atoms with Crippen molar-refractivity contribution < 1.29 is 9.53 Å². The van der Waals surface area contributed by atoms with Gasteiger partial charge in [0.2, 0.25) is 5.91 Å². The van der Waals surface area contributed by atoms with Crippen molar-refractivity contribution in [2.45, 2.75) is 45.2 Å². The lowest BCUT2D eigenvalue weighted by Crippen LogP contribution is -2.52. The van der Waals surface area contributed by atoms with Gasteiger partial charge in [-0.1, -0.05) is 0 Å². The lowest BCUT2D eigenvalue weighted by Gasteiger charge is -2.43. The molecule has 3 aliphatic heterocycles. The summed E-state index contributed by atoms with van der Waals surface area (Å²) in [5.74, 6) is 1.35. The molecule has 0 aromatic carbocycles. The summed E-state index contributed by atoms with van der Waals surface area (Å²) in [6.45, 7) is 10.0.